The molecule has 1 saturated heterocycles. The van der Waals surface area contributed by atoms with Crippen LogP contribution in [0.15, 0.2) is 24.3 Å². The molecule has 0 N–H and O–H groups in total. The first-order valence-corrected chi connectivity index (χ1v) is 7.82. The third-order valence-corrected chi connectivity index (χ3v) is 4.73. The molecule has 1 aromatic rings. The van der Waals surface area contributed by atoms with Crippen molar-refractivity contribution < 1.29 is 4.39 Å². The number of benzene rings is 1. The van der Waals surface area contributed by atoms with Crippen LogP contribution in [0.3, 0.4) is 0 Å². The first-order chi connectivity index (χ1) is 9.28. The van der Waals surface area contributed by atoms with Gasteiger partial charge in [0.05, 0.1) is 0 Å². The van der Waals surface area contributed by atoms with Crippen molar-refractivity contribution in [1.82, 2.24) is 4.90 Å². The number of halogens is 1. The Morgan fingerprint density at radius 3 is 2.30 bits per heavy atom. The molecule has 1 nitrogen and oxygen atoms in total. The predicted molar refractivity (Wildman–Crippen MR) is 81.7 cm³/mol. The Kier molecular flexibility index (Phi) is 3.20. The first-order valence-electron chi connectivity index (χ1n) is 7.82. The summed E-state index contributed by atoms with van der Waals surface area (Å²) in [6, 6.07) is 8.93. The van der Waals surface area contributed by atoms with Crippen LogP contribution in [0, 0.1) is 0 Å². The highest BCUT2D eigenvalue weighted by atomic mass is 19.1. The van der Waals surface area contributed by atoms with Crippen molar-refractivity contribution >= 4 is 0 Å². The monoisotopic (exact) mass is 275 g/mol. The number of alkyl halides is 1. The van der Waals surface area contributed by atoms with Gasteiger partial charge < -0.3 is 0 Å². The third-order valence-electron chi connectivity index (χ3n) is 4.73. The van der Waals surface area contributed by atoms with E-state index in [1.54, 1.807) is 6.92 Å². The van der Waals surface area contributed by atoms with Crippen molar-refractivity contribution in [2.45, 2.75) is 70.1 Å². The molecule has 2 fully saturated rings. The van der Waals surface area contributed by atoms with E-state index in [9.17, 15) is 4.39 Å². The highest BCUT2D eigenvalue weighted by Crippen LogP contribution is 2.49. The Hall–Kier alpha value is -0.890. The van der Waals surface area contributed by atoms with Gasteiger partial charge in [0.25, 0.3) is 0 Å². The lowest BCUT2D eigenvalue weighted by Gasteiger charge is -2.37. The Morgan fingerprint density at radius 1 is 1.15 bits per heavy atom. The minimum Gasteiger partial charge on any atom is -0.288 e. The molecule has 0 aromatic heterocycles. The lowest BCUT2D eigenvalue weighted by molar-refractivity contribution is 0.102. The van der Waals surface area contributed by atoms with E-state index in [-0.39, 0.29) is 11.6 Å². The maximum atomic E-state index is 14.6. The highest BCUT2D eigenvalue weighted by Gasteiger charge is 2.46. The van der Waals surface area contributed by atoms with Crippen LogP contribution in [-0.4, -0.2) is 22.7 Å². The molecule has 0 bridgehead atoms. The number of likely N-dealkylation sites (tertiary alicyclic amines) is 1. The molecule has 0 amide bonds. The fraction of sp³-hybridized carbons (Fsp3) is 0.667. The van der Waals surface area contributed by atoms with Crippen molar-refractivity contribution in [3.8, 4) is 0 Å². The Balaban J connectivity index is 1.99. The van der Waals surface area contributed by atoms with Gasteiger partial charge in [-0.2, -0.15) is 0 Å². The quantitative estimate of drug-likeness (QED) is 0.746. The van der Waals surface area contributed by atoms with Gasteiger partial charge in [-0.25, -0.2) is 4.39 Å². The van der Waals surface area contributed by atoms with Crippen molar-refractivity contribution in [3.63, 3.8) is 0 Å². The molecule has 1 aliphatic carbocycles. The predicted octanol–water partition coefficient (Wildman–Crippen LogP) is 4.84. The molecule has 0 radical (unpaired) electrons. The lowest BCUT2D eigenvalue weighted by Crippen LogP contribution is -2.42. The molecule has 1 aromatic carbocycles. The van der Waals surface area contributed by atoms with Crippen LogP contribution in [0.25, 0.3) is 0 Å². The third kappa shape index (κ3) is 2.63. The fourth-order valence-electron chi connectivity index (χ4n) is 3.61. The van der Waals surface area contributed by atoms with Crippen LogP contribution in [0.4, 0.5) is 4.39 Å². The maximum Gasteiger partial charge on any atom is 0.122 e. The number of rotatable bonds is 2. The summed E-state index contributed by atoms with van der Waals surface area (Å²) in [6.07, 6.45) is 3.21. The van der Waals surface area contributed by atoms with Crippen molar-refractivity contribution in [3.05, 3.63) is 35.4 Å². The molecule has 20 heavy (non-hydrogen) atoms. The minimum absolute atomic E-state index is 0.00514. The zero-order valence-corrected chi connectivity index (χ0v) is 13.1. The molecule has 2 aliphatic rings. The van der Waals surface area contributed by atoms with Gasteiger partial charge in [-0.15, -0.1) is 0 Å². The van der Waals surface area contributed by atoms with Crippen LogP contribution < -0.4 is 0 Å². The van der Waals surface area contributed by atoms with Crippen molar-refractivity contribution in [1.29, 1.82) is 0 Å². The summed E-state index contributed by atoms with van der Waals surface area (Å²) in [5.41, 5.74) is 1.76. The summed E-state index contributed by atoms with van der Waals surface area (Å²) in [5, 5.41) is 0. The number of nitrogens with zero attached hydrogens (tertiary/aromatic N) is 1. The van der Waals surface area contributed by atoms with E-state index in [4.69, 9.17) is 0 Å². The molecule has 1 heterocycles. The summed E-state index contributed by atoms with van der Waals surface area (Å²) in [6.45, 7) is 8.88. The number of hydrogen-bond acceptors (Lipinski definition) is 1. The second kappa shape index (κ2) is 4.56. The molecule has 3 rings (SSSR count). The molecule has 0 spiro atoms. The van der Waals surface area contributed by atoms with Gasteiger partial charge in [-0.3, -0.25) is 4.90 Å². The van der Waals surface area contributed by atoms with Gasteiger partial charge in [0.1, 0.15) is 5.67 Å². The van der Waals surface area contributed by atoms with E-state index in [1.165, 1.54) is 24.0 Å². The van der Waals surface area contributed by atoms with Gasteiger partial charge in [-0.1, -0.05) is 24.3 Å². The summed E-state index contributed by atoms with van der Waals surface area (Å²) in [7, 11) is 0. The standard InChI is InChI=1S/C18H26FN/c1-17(2,3)20-12-18(4,19)11-16(20)15-8-6-5-7-14(15)13-9-10-13/h5-8,13,16H,9-12H2,1-4H3/t16-,18?/m1/s1. The van der Waals surface area contributed by atoms with Crippen molar-refractivity contribution in [2.75, 3.05) is 6.54 Å². The summed E-state index contributed by atoms with van der Waals surface area (Å²) in [4.78, 5) is 2.36. The summed E-state index contributed by atoms with van der Waals surface area (Å²) < 4.78 is 14.6. The van der Waals surface area contributed by atoms with Crippen LogP contribution in [0.5, 0.6) is 0 Å². The van der Waals surface area contributed by atoms with E-state index < -0.39 is 5.67 Å². The topological polar surface area (TPSA) is 3.24 Å². The average Bonchev–Trinajstić information content (AvgIpc) is 3.12. The van der Waals surface area contributed by atoms with E-state index in [1.807, 2.05) is 0 Å². The van der Waals surface area contributed by atoms with E-state index in [2.05, 4.69) is 49.9 Å². The molecule has 1 aliphatic heterocycles. The van der Waals surface area contributed by atoms with Crippen LogP contribution >= 0.6 is 0 Å². The van der Waals surface area contributed by atoms with E-state index >= 15 is 0 Å². The molecular weight excluding hydrogens is 249 g/mol. The second-order valence-electron chi connectivity index (χ2n) is 7.84. The van der Waals surface area contributed by atoms with E-state index in [0.29, 0.717) is 13.0 Å². The Bertz CT molecular complexity index is 496. The summed E-state index contributed by atoms with van der Waals surface area (Å²) >= 11 is 0. The maximum absolute atomic E-state index is 14.6. The van der Waals surface area contributed by atoms with Gasteiger partial charge in [0, 0.05) is 24.5 Å². The zero-order valence-electron chi connectivity index (χ0n) is 13.1. The minimum atomic E-state index is -1.07. The van der Waals surface area contributed by atoms with Crippen LogP contribution in [-0.2, 0) is 0 Å². The molecule has 1 unspecified atom stereocenters. The Morgan fingerprint density at radius 2 is 1.75 bits per heavy atom. The van der Waals surface area contributed by atoms with Gasteiger partial charge in [-0.05, 0) is 57.6 Å². The molecule has 2 atom stereocenters. The highest BCUT2D eigenvalue weighted by molar-refractivity contribution is 5.37. The van der Waals surface area contributed by atoms with Gasteiger partial charge in [0.2, 0.25) is 0 Å². The van der Waals surface area contributed by atoms with Gasteiger partial charge >= 0.3 is 0 Å². The largest absolute Gasteiger partial charge is 0.288 e. The average molecular weight is 275 g/mol. The molecule has 1 saturated carbocycles. The summed E-state index contributed by atoms with van der Waals surface area (Å²) in [5.74, 6) is 0.722. The van der Waals surface area contributed by atoms with Gasteiger partial charge in [0.15, 0.2) is 0 Å². The first kappa shape index (κ1) is 14.1. The Labute approximate surface area is 122 Å². The zero-order chi connectivity index (χ0) is 14.5. The van der Waals surface area contributed by atoms with Crippen LogP contribution in [0.1, 0.15) is 70.0 Å². The molecule has 2 heteroatoms. The normalized spacial score (nSPS) is 31.8. The van der Waals surface area contributed by atoms with E-state index in [0.717, 1.165) is 5.92 Å². The molecule has 110 valence electrons. The van der Waals surface area contributed by atoms with Crippen LogP contribution in [0.2, 0.25) is 0 Å². The van der Waals surface area contributed by atoms with Crippen molar-refractivity contribution in [2.24, 2.45) is 0 Å². The fourth-order valence-corrected chi connectivity index (χ4v) is 3.61. The molecular formula is C18H26FN. The number of hydrogen-bond donors (Lipinski definition) is 0. The smallest absolute Gasteiger partial charge is 0.122 e. The SMILES string of the molecule is CC1(F)C[C@H](c2ccccc2C2CC2)N(C(C)(C)C)C1. The lowest BCUT2D eigenvalue weighted by atomic mass is 9.92. The second-order valence-corrected chi connectivity index (χ2v) is 7.84.